The third-order valence-electron chi connectivity index (χ3n) is 3.71. The minimum Gasteiger partial charge on any atom is -0.324 e. The lowest BCUT2D eigenvalue weighted by Gasteiger charge is -2.08. The molecule has 0 aliphatic heterocycles. The molecule has 3 aromatic rings. The normalized spacial score (nSPS) is 10.6. The van der Waals surface area contributed by atoms with Gasteiger partial charge in [0.15, 0.2) is 0 Å². The van der Waals surface area contributed by atoms with Crippen LogP contribution < -0.4 is 10.6 Å². The second-order valence-corrected chi connectivity index (χ2v) is 6.41. The van der Waals surface area contributed by atoms with Gasteiger partial charge in [0.05, 0.1) is 5.56 Å². The van der Waals surface area contributed by atoms with E-state index in [0.29, 0.717) is 23.1 Å². The van der Waals surface area contributed by atoms with E-state index in [1.807, 2.05) is 12.1 Å². The van der Waals surface area contributed by atoms with Crippen LogP contribution in [0.5, 0.6) is 0 Å². The number of benzene rings is 1. The molecule has 2 N–H and O–H groups in total. The second-order valence-electron chi connectivity index (χ2n) is 6.41. The van der Waals surface area contributed by atoms with Gasteiger partial charge in [-0.2, -0.15) is 0 Å². The van der Waals surface area contributed by atoms with Crippen molar-refractivity contribution in [2.75, 3.05) is 10.6 Å². The lowest BCUT2D eigenvalue weighted by molar-refractivity contribution is 0.102. The third kappa shape index (κ3) is 4.86. The number of amides is 1. The highest BCUT2D eigenvalue weighted by molar-refractivity contribution is 6.03. The summed E-state index contributed by atoms with van der Waals surface area (Å²) in [5, 5.41) is 5.91. The first-order chi connectivity index (χ1) is 12.6. The zero-order valence-electron chi connectivity index (χ0n) is 14.8. The molecule has 0 bridgehead atoms. The number of aromatic nitrogens is 3. The maximum absolute atomic E-state index is 12.2. The molecule has 0 fully saturated rings. The average molecular weight is 347 g/mol. The Morgan fingerprint density at radius 3 is 2.23 bits per heavy atom. The van der Waals surface area contributed by atoms with Gasteiger partial charge in [-0.15, -0.1) is 0 Å². The van der Waals surface area contributed by atoms with Gasteiger partial charge in [-0.25, -0.2) is 9.97 Å². The first-order valence-electron chi connectivity index (χ1n) is 8.49. The molecule has 0 saturated heterocycles. The Hall–Kier alpha value is -3.28. The summed E-state index contributed by atoms with van der Waals surface area (Å²) in [5.74, 6) is 0.811. The number of anilines is 3. The molecule has 0 aliphatic rings. The fraction of sp³-hybridized carbons (Fsp3) is 0.200. The van der Waals surface area contributed by atoms with Crippen molar-refractivity contribution in [2.24, 2.45) is 5.92 Å². The Morgan fingerprint density at radius 1 is 0.962 bits per heavy atom. The predicted octanol–water partition coefficient (Wildman–Crippen LogP) is 4.07. The smallest absolute Gasteiger partial charge is 0.258 e. The van der Waals surface area contributed by atoms with Crippen LogP contribution in [0.2, 0.25) is 0 Å². The molecular formula is C20H21N5O. The molecule has 0 aliphatic carbocycles. The SMILES string of the molecule is CC(C)Cc1ccc(Nc2ncc(C(=O)Nc3ccncc3)cn2)cc1. The van der Waals surface area contributed by atoms with E-state index in [-0.39, 0.29) is 5.91 Å². The van der Waals surface area contributed by atoms with Gasteiger partial charge in [0.25, 0.3) is 5.91 Å². The summed E-state index contributed by atoms with van der Waals surface area (Å²) in [6, 6.07) is 11.6. The van der Waals surface area contributed by atoms with Crippen LogP contribution in [0.15, 0.2) is 61.2 Å². The summed E-state index contributed by atoms with van der Waals surface area (Å²) in [4.78, 5) is 24.5. The van der Waals surface area contributed by atoms with Crippen molar-refractivity contribution in [3.8, 4) is 0 Å². The number of carbonyl (C=O) groups excluding carboxylic acids is 1. The first kappa shape index (κ1) is 17.5. The number of nitrogens with zero attached hydrogens (tertiary/aromatic N) is 3. The number of pyridine rings is 1. The molecule has 1 aromatic carbocycles. The Balaban J connectivity index is 1.61. The standard InChI is InChI=1S/C20H21N5O/c1-14(2)11-15-3-5-17(6-4-15)25-20-22-12-16(13-23-20)19(26)24-18-7-9-21-10-8-18/h3-10,12-14H,11H2,1-2H3,(H,21,24,26)(H,22,23,25). The predicted molar refractivity (Wildman–Crippen MR) is 102 cm³/mol. The molecule has 0 spiro atoms. The molecule has 26 heavy (non-hydrogen) atoms. The Labute approximate surface area is 152 Å². The van der Waals surface area contributed by atoms with Crippen LogP contribution in [0.1, 0.15) is 29.8 Å². The maximum Gasteiger partial charge on any atom is 0.258 e. The Kier molecular flexibility index (Phi) is 5.53. The van der Waals surface area contributed by atoms with Crippen LogP contribution in [-0.2, 0) is 6.42 Å². The van der Waals surface area contributed by atoms with E-state index >= 15 is 0 Å². The summed E-state index contributed by atoms with van der Waals surface area (Å²) in [7, 11) is 0. The van der Waals surface area contributed by atoms with Gasteiger partial charge >= 0.3 is 0 Å². The highest BCUT2D eigenvalue weighted by Gasteiger charge is 2.08. The molecule has 2 heterocycles. The highest BCUT2D eigenvalue weighted by Crippen LogP contribution is 2.16. The topological polar surface area (TPSA) is 79.8 Å². The summed E-state index contributed by atoms with van der Waals surface area (Å²) < 4.78 is 0. The van der Waals surface area contributed by atoms with Crippen molar-refractivity contribution in [3.05, 3.63) is 72.3 Å². The molecule has 3 rings (SSSR count). The van der Waals surface area contributed by atoms with Crippen LogP contribution in [0.3, 0.4) is 0 Å². The first-order valence-corrected chi connectivity index (χ1v) is 8.49. The van der Waals surface area contributed by atoms with Crippen molar-refractivity contribution < 1.29 is 4.79 Å². The quantitative estimate of drug-likeness (QED) is 0.703. The number of carbonyl (C=O) groups is 1. The van der Waals surface area contributed by atoms with Crippen molar-refractivity contribution in [2.45, 2.75) is 20.3 Å². The van der Waals surface area contributed by atoms with Gasteiger partial charge in [0.1, 0.15) is 0 Å². The second kappa shape index (κ2) is 8.20. The third-order valence-corrected chi connectivity index (χ3v) is 3.71. The molecule has 1 amide bonds. The molecule has 0 unspecified atom stereocenters. The minimum absolute atomic E-state index is 0.263. The zero-order chi connectivity index (χ0) is 18.4. The van der Waals surface area contributed by atoms with Crippen LogP contribution in [0.25, 0.3) is 0 Å². The van der Waals surface area contributed by atoms with Crippen LogP contribution in [-0.4, -0.2) is 20.9 Å². The van der Waals surface area contributed by atoms with Gasteiger partial charge in [-0.05, 0) is 42.2 Å². The summed E-state index contributed by atoms with van der Waals surface area (Å²) in [6.07, 6.45) is 7.28. The number of hydrogen-bond acceptors (Lipinski definition) is 5. The van der Waals surface area contributed by atoms with E-state index in [9.17, 15) is 4.79 Å². The number of rotatable bonds is 6. The molecule has 6 nitrogen and oxygen atoms in total. The van der Waals surface area contributed by atoms with Gasteiger partial charge in [-0.1, -0.05) is 26.0 Å². The lowest BCUT2D eigenvalue weighted by atomic mass is 10.0. The molecule has 132 valence electrons. The summed E-state index contributed by atoms with van der Waals surface area (Å²) in [6.45, 7) is 4.40. The summed E-state index contributed by atoms with van der Waals surface area (Å²) >= 11 is 0. The molecule has 2 aromatic heterocycles. The Morgan fingerprint density at radius 2 is 1.62 bits per heavy atom. The van der Waals surface area contributed by atoms with E-state index in [1.165, 1.54) is 18.0 Å². The molecule has 0 saturated carbocycles. The maximum atomic E-state index is 12.2. The van der Waals surface area contributed by atoms with Gasteiger partial charge < -0.3 is 10.6 Å². The van der Waals surface area contributed by atoms with E-state index < -0.39 is 0 Å². The molecule has 6 heteroatoms. The van der Waals surface area contributed by atoms with E-state index in [1.54, 1.807) is 24.5 Å². The number of hydrogen-bond donors (Lipinski definition) is 2. The van der Waals surface area contributed by atoms with E-state index in [0.717, 1.165) is 12.1 Å². The zero-order valence-corrected chi connectivity index (χ0v) is 14.8. The van der Waals surface area contributed by atoms with Crippen molar-refractivity contribution in [3.63, 3.8) is 0 Å². The largest absolute Gasteiger partial charge is 0.324 e. The van der Waals surface area contributed by atoms with Crippen LogP contribution in [0, 0.1) is 5.92 Å². The number of nitrogens with one attached hydrogen (secondary N) is 2. The fourth-order valence-electron chi connectivity index (χ4n) is 2.47. The van der Waals surface area contributed by atoms with E-state index in [2.05, 4.69) is 51.6 Å². The van der Waals surface area contributed by atoms with Gasteiger partial charge in [-0.3, -0.25) is 9.78 Å². The molecular weight excluding hydrogens is 326 g/mol. The van der Waals surface area contributed by atoms with Crippen molar-refractivity contribution in [1.82, 2.24) is 15.0 Å². The van der Waals surface area contributed by atoms with Crippen LogP contribution >= 0.6 is 0 Å². The van der Waals surface area contributed by atoms with Gasteiger partial charge in [0, 0.05) is 36.2 Å². The highest BCUT2D eigenvalue weighted by atomic mass is 16.1. The fourth-order valence-corrected chi connectivity index (χ4v) is 2.47. The van der Waals surface area contributed by atoms with Crippen molar-refractivity contribution >= 4 is 23.2 Å². The average Bonchev–Trinajstić information content (AvgIpc) is 2.64. The minimum atomic E-state index is -0.263. The molecule has 0 radical (unpaired) electrons. The lowest BCUT2D eigenvalue weighted by Crippen LogP contribution is -2.13. The van der Waals surface area contributed by atoms with Crippen molar-refractivity contribution in [1.29, 1.82) is 0 Å². The Bertz CT molecular complexity index is 846. The molecule has 0 atom stereocenters. The van der Waals surface area contributed by atoms with Crippen LogP contribution in [0.4, 0.5) is 17.3 Å². The summed E-state index contributed by atoms with van der Waals surface area (Å²) in [5.41, 5.74) is 3.27. The van der Waals surface area contributed by atoms with E-state index in [4.69, 9.17) is 0 Å². The van der Waals surface area contributed by atoms with Gasteiger partial charge in [0.2, 0.25) is 5.95 Å². The monoisotopic (exact) mass is 347 g/mol.